The van der Waals surface area contributed by atoms with Gasteiger partial charge in [0.15, 0.2) is 0 Å². The highest BCUT2D eigenvalue weighted by Crippen LogP contribution is 2.21. The fourth-order valence-electron chi connectivity index (χ4n) is 3.82. The molecule has 2 aromatic carbocycles. The number of nitrogens with zero attached hydrogens (tertiary/aromatic N) is 2. The molecule has 1 fully saturated rings. The number of esters is 1. The summed E-state index contributed by atoms with van der Waals surface area (Å²) in [7, 11) is 1.21. The van der Waals surface area contributed by atoms with Crippen molar-refractivity contribution in [1.29, 1.82) is 0 Å². The topological polar surface area (TPSA) is 99.8 Å². The van der Waals surface area contributed by atoms with Crippen LogP contribution in [0.1, 0.15) is 20.7 Å². The van der Waals surface area contributed by atoms with Gasteiger partial charge in [0.05, 0.1) is 19.2 Å². The summed E-state index contributed by atoms with van der Waals surface area (Å²) in [4.78, 5) is 56.9. The predicted octanol–water partition coefficient (Wildman–Crippen LogP) is 1.88. The van der Waals surface area contributed by atoms with E-state index in [2.05, 4.69) is 4.98 Å². The largest absolute Gasteiger partial charge is 0.467 e. The number of methoxy groups -OCH3 is 1. The standard InChI is InChI=1S/C23H21N3O5/c1-31-23(30)19-14-25(21(28)15-7-3-2-4-8-15)11-12-26(19)22(29)20(27)17-13-24-18-10-6-5-9-16(17)18/h2-10,13,19,24H,11-12,14H2,1H3. The Hall–Kier alpha value is -3.94. The molecule has 0 saturated carbocycles. The van der Waals surface area contributed by atoms with Gasteiger partial charge in [0, 0.05) is 35.8 Å². The number of benzene rings is 2. The summed E-state index contributed by atoms with van der Waals surface area (Å²) >= 11 is 0. The molecular weight excluding hydrogens is 398 g/mol. The Kier molecular flexibility index (Phi) is 5.53. The summed E-state index contributed by atoms with van der Waals surface area (Å²) in [5.41, 5.74) is 1.47. The Balaban J connectivity index is 1.57. The maximum absolute atomic E-state index is 13.1. The van der Waals surface area contributed by atoms with Crippen LogP contribution in [0, 0.1) is 0 Å². The van der Waals surface area contributed by atoms with Gasteiger partial charge in [-0.15, -0.1) is 0 Å². The summed E-state index contributed by atoms with van der Waals surface area (Å²) < 4.78 is 4.86. The fraction of sp³-hybridized carbons (Fsp3) is 0.217. The molecule has 0 aliphatic carbocycles. The molecule has 0 spiro atoms. The van der Waals surface area contributed by atoms with E-state index in [1.165, 1.54) is 23.1 Å². The summed E-state index contributed by atoms with van der Waals surface area (Å²) in [5, 5.41) is 0.633. The van der Waals surface area contributed by atoms with Crippen molar-refractivity contribution >= 4 is 34.5 Å². The van der Waals surface area contributed by atoms with Crippen LogP contribution < -0.4 is 0 Å². The molecule has 3 aromatic rings. The zero-order valence-electron chi connectivity index (χ0n) is 16.9. The second-order valence-electron chi connectivity index (χ2n) is 7.23. The number of carbonyl (C=O) groups excluding carboxylic acids is 4. The third kappa shape index (κ3) is 3.79. The molecule has 1 unspecified atom stereocenters. The van der Waals surface area contributed by atoms with E-state index in [9.17, 15) is 19.2 Å². The molecule has 4 rings (SSSR count). The number of ketones is 1. The molecule has 2 heterocycles. The minimum atomic E-state index is -1.06. The van der Waals surface area contributed by atoms with Crippen LogP contribution in [0.5, 0.6) is 0 Å². The van der Waals surface area contributed by atoms with E-state index < -0.39 is 23.7 Å². The lowest BCUT2D eigenvalue weighted by atomic mass is 10.1. The van der Waals surface area contributed by atoms with Gasteiger partial charge in [-0.05, 0) is 18.2 Å². The number of piperazine rings is 1. The average Bonchev–Trinajstić information content (AvgIpc) is 3.26. The maximum Gasteiger partial charge on any atom is 0.330 e. The summed E-state index contributed by atoms with van der Waals surface area (Å²) in [6, 6.07) is 14.8. The number of aromatic amines is 1. The number of fused-ring (bicyclic) bond motifs is 1. The first kappa shape index (κ1) is 20.3. The van der Waals surface area contributed by atoms with Crippen molar-refractivity contribution in [3.05, 3.63) is 71.9 Å². The van der Waals surface area contributed by atoms with Crippen LogP contribution in [0.2, 0.25) is 0 Å². The minimum absolute atomic E-state index is 0.0469. The van der Waals surface area contributed by atoms with Gasteiger partial charge >= 0.3 is 5.97 Å². The molecule has 1 aromatic heterocycles. The van der Waals surface area contributed by atoms with Crippen LogP contribution in [0.3, 0.4) is 0 Å². The third-order valence-corrected chi connectivity index (χ3v) is 5.45. The number of carbonyl (C=O) groups is 4. The summed E-state index contributed by atoms with van der Waals surface area (Å²) in [6.07, 6.45) is 1.49. The van der Waals surface area contributed by atoms with Gasteiger partial charge in [-0.1, -0.05) is 36.4 Å². The Morgan fingerprint density at radius 2 is 1.68 bits per heavy atom. The molecule has 1 saturated heterocycles. The van der Waals surface area contributed by atoms with Gasteiger partial charge in [0.2, 0.25) is 0 Å². The average molecular weight is 419 g/mol. The van der Waals surface area contributed by atoms with E-state index in [-0.39, 0.29) is 31.1 Å². The normalized spacial score (nSPS) is 16.2. The van der Waals surface area contributed by atoms with E-state index in [1.54, 1.807) is 42.5 Å². The first-order valence-corrected chi connectivity index (χ1v) is 9.85. The number of aromatic nitrogens is 1. The maximum atomic E-state index is 13.1. The number of Topliss-reactive ketones (excluding diaryl/α,β-unsaturated/α-hetero) is 1. The van der Waals surface area contributed by atoms with Crippen LogP contribution in [0.25, 0.3) is 10.9 Å². The molecule has 158 valence electrons. The Morgan fingerprint density at radius 3 is 2.42 bits per heavy atom. The molecule has 1 atom stereocenters. The molecule has 8 nitrogen and oxygen atoms in total. The van der Waals surface area contributed by atoms with E-state index in [0.717, 1.165) is 5.52 Å². The number of hydrogen-bond donors (Lipinski definition) is 1. The van der Waals surface area contributed by atoms with Crippen molar-refractivity contribution in [2.24, 2.45) is 0 Å². The van der Waals surface area contributed by atoms with Gasteiger partial charge in [-0.2, -0.15) is 0 Å². The van der Waals surface area contributed by atoms with E-state index in [0.29, 0.717) is 10.9 Å². The molecule has 1 aliphatic rings. The quantitative estimate of drug-likeness (QED) is 0.395. The number of hydrogen-bond acceptors (Lipinski definition) is 5. The van der Waals surface area contributed by atoms with Crippen molar-refractivity contribution < 1.29 is 23.9 Å². The monoisotopic (exact) mass is 419 g/mol. The van der Waals surface area contributed by atoms with Crippen molar-refractivity contribution in [1.82, 2.24) is 14.8 Å². The van der Waals surface area contributed by atoms with Gasteiger partial charge in [0.25, 0.3) is 17.6 Å². The summed E-state index contributed by atoms with van der Waals surface area (Å²) in [6.45, 7) is 0.201. The number of ether oxygens (including phenoxy) is 1. The zero-order chi connectivity index (χ0) is 22.0. The highest BCUT2D eigenvalue weighted by atomic mass is 16.5. The van der Waals surface area contributed by atoms with Crippen molar-refractivity contribution in [2.75, 3.05) is 26.7 Å². The minimum Gasteiger partial charge on any atom is -0.467 e. The van der Waals surface area contributed by atoms with Crippen LogP contribution >= 0.6 is 0 Å². The second kappa shape index (κ2) is 8.43. The first-order chi connectivity index (χ1) is 15.0. The highest BCUT2D eigenvalue weighted by molar-refractivity contribution is 6.45. The molecule has 1 N–H and O–H groups in total. The SMILES string of the molecule is COC(=O)C1CN(C(=O)c2ccccc2)CCN1C(=O)C(=O)c1c[nH]c2ccccc12. The predicted molar refractivity (Wildman–Crippen MR) is 112 cm³/mol. The molecule has 8 heteroatoms. The van der Waals surface area contributed by atoms with E-state index in [1.807, 2.05) is 12.1 Å². The molecule has 31 heavy (non-hydrogen) atoms. The smallest absolute Gasteiger partial charge is 0.330 e. The lowest BCUT2D eigenvalue weighted by Gasteiger charge is -2.39. The third-order valence-electron chi connectivity index (χ3n) is 5.45. The fourth-order valence-corrected chi connectivity index (χ4v) is 3.82. The zero-order valence-corrected chi connectivity index (χ0v) is 16.9. The number of nitrogens with one attached hydrogen (secondary N) is 1. The lowest BCUT2D eigenvalue weighted by Crippen LogP contribution is -2.60. The van der Waals surface area contributed by atoms with Crippen LogP contribution in [0.15, 0.2) is 60.8 Å². The molecule has 0 radical (unpaired) electrons. The van der Waals surface area contributed by atoms with Gasteiger partial charge in [-0.25, -0.2) is 4.79 Å². The second-order valence-corrected chi connectivity index (χ2v) is 7.23. The van der Waals surface area contributed by atoms with Crippen molar-refractivity contribution in [3.8, 4) is 0 Å². The highest BCUT2D eigenvalue weighted by Gasteiger charge is 2.40. The first-order valence-electron chi connectivity index (χ1n) is 9.85. The molecular formula is C23H21N3O5. The summed E-state index contributed by atoms with van der Waals surface area (Å²) in [5.74, 6) is -2.43. The van der Waals surface area contributed by atoms with Crippen LogP contribution in [-0.2, 0) is 14.3 Å². The van der Waals surface area contributed by atoms with Crippen molar-refractivity contribution in [3.63, 3.8) is 0 Å². The lowest BCUT2D eigenvalue weighted by molar-refractivity contribution is -0.153. The van der Waals surface area contributed by atoms with Crippen molar-refractivity contribution in [2.45, 2.75) is 6.04 Å². The molecule has 1 aliphatic heterocycles. The number of rotatable bonds is 4. The molecule has 0 bridgehead atoms. The van der Waals surface area contributed by atoms with Crippen LogP contribution in [0.4, 0.5) is 0 Å². The van der Waals surface area contributed by atoms with Crippen LogP contribution in [-0.4, -0.2) is 71.1 Å². The Bertz CT molecular complexity index is 1150. The van der Waals surface area contributed by atoms with Gasteiger partial charge < -0.3 is 19.5 Å². The number of H-pyrrole nitrogens is 1. The molecule has 2 amide bonds. The van der Waals surface area contributed by atoms with Gasteiger partial charge in [0.1, 0.15) is 6.04 Å². The Morgan fingerprint density at radius 1 is 0.968 bits per heavy atom. The number of amides is 2. The van der Waals surface area contributed by atoms with Gasteiger partial charge in [-0.3, -0.25) is 14.4 Å². The van der Waals surface area contributed by atoms with E-state index in [4.69, 9.17) is 4.74 Å². The Labute approximate surface area is 178 Å². The number of para-hydroxylation sites is 1. The van der Waals surface area contributed by atoms with E-state index >= 15 is 0 Å².